The number of nitrogens with zero attached hydrogens (tertiary/aromatic N) is 2. The molecule has 6 nitrogen and oxygen atoms in total. The van der Waals surface area contributed by atoms with E-state index in [9.17, 15) is 9.59 Å². The van der Waals surface area contributed by atoms with Crippen LogP contribution in [0.15, 0.2) is 59.9 Å². The summed E-state index contributed by atoms with van der Waals surface area (Å²) in [4.78, 5) is 34.3. The van der Waals surface area contributed by atoms with E-state index in [1.807, 2.05) is 62.4 Å². The molecule has 0 spiro atoms. The number of carbonyl (C=O) groups excluding carboxylic acids is 2. The number of nitrogens with one attached hydrogen (secondary N) is 2. The second kappa shape index (κ2) is 10.4. The van der Waals surface area contributed by atoms with Gasteiger partial charge in [0.25, 0.3) is 5.91 Å². The third-order valence-corrected chi connectivity index (χ3v) is 5.50. The number of rotatable bonds is 7. The van der Waals surface area contributed by atoms with Gasteiger partial charge < -0.3 is 10.6 Å². The summed E-state index contributed by atoms with van der Waals surface area (Å²) < 4.78 is 0. The summed E-state index contributed by atoms with van der Waals surface area (Å²) in [6.45, 7) is 3.92. The van der Waals surface area contributed by atoms with Crippen molar-refractivity contribution >= 4 is 40.9 Å². The van der Waals surface area contributed by atoms with Crippen molar-refractivity contribution in [2.45, 2.75) is 31.5 Å². The van der Waals surface area contributed by atoms with E-state index in [0.29, 0.717) is 17.3 Å². The van der Waals surface area contributed by atoms with E-state index >= 15 is 0 Å². The minimum absolute atomic E-state index is 0.0402. The maximum atomic E-state index is 13.1. The molecular formula is C23H23ClN4O2S. The summed E-state index contributed by atoms with van der Waals surface area (Å²) in [6.07, 6.45) is 3.51. The Labute approximate surface area is 190 Å². The van der Waals surface area contributed by atoms with Crippen LogP contribution in [0.4, 0.5) is 5.69 Å². The van der Waals surface area contributed by atoms with Crippen molar-refractivity contribution in [2.75, 3.05) is 11.6 Å². The molecule has 1 heterocycles. The molecule has 0 fully saturated rings. The Hall–Kier alpha value is -2.90. The molecule has 0 radical (unpaired) electrons. The smallest absolute Gasteiger partial charge is 0.272 e. The number of thioether (sulfide) groups is 1. The molecule has 0 saturated heterocycles. The van der Waals surface area contributed by atoms with Crippen LogP contribution in [-0.2, 0) is 11.2 Å². The predicted octanol–water partition coefficient (Wildman–Crippen LogP) is 4.45. The summed E-state index contributed by atoms with van der Waals surface area (Å²) in [6, 6.07) is 14.5. The number of benzene rings is 2. The molecule has 3 aromatic rings. The minimum atomic E-state index is -0.820. The highest BCUT2D eigenvalue weighted by Crippen LogP contribution is 2.19. The van der Waals surface area contributed by atoms with Gasteiger partial charge in [-0.15, -0.1) is 0 Å². The van der Waals surface area contributed by atoms with E-state index < -0.39 is 11.9 Å². The lowest BCUT2D eigenvalue weighted by molar-refractivity contribution is -0.118. The summed E-state index contributed by atoms with van der Waals surface area (Å²) in [5, 5.41) is 6.27. The van der Waals surface area contributed by atoms with Crippen LogP contribution in [0.1, 0.15) is 27.2 Å². The maximum absolute atomic E-state index is 13.1. The van der Waals surface area contributed by atoms with Crippen molar-refractivity contribution in [1.82, 2.24) is 15.3 Å². The Bertz CT molecular complexity index is 1090. The Kier molecular flexibility index (Phi) is 7.65. The highest BCUT2D eigenvalue weighted by atomic mass is 35.5. The van der Waals surface area contributed by atoms with E-state index in [4.69, 9.17) is 11.6 Å². The van der Waals surface area contributed by atoms with E-state index in [1.165, 1.54) is 18.0 Å². The van der Waals surface area contributed by atoms with E-state index in [-0.39, 0.29) is 16.6 Å². The maximum Gasteiger partial charge on any atom is 0.272 e. The summed E-state index contributed by atoms with van der Waals surface area (Å²) in [7, 11) is 0. The van der Waals surface area contributed by atoms with Crippen molar-refractivity contribution in [3.63, 3.8) is 0 Å². The van der Waals surface area contributed by atoms with Gasteiger partial charge in [-0.2, -0.15) is 0 Å². The van der Waals surface area contributed by atoms with Crippen LogP contribution < -0.4 is 10.6 Å². The van der Waals surface area contributed by atoms with Crippen molar-refractivity contribution in [2.24, 2.45) is 0 Å². The molecular weight excluding hydrogens is 432 g/mol. The molecule has 2 N–H and O–H groups in total. The fourth-order valence-corrected chi connectivity index (χ4v) is 3.59. The van der Waals surface area contributed by atoms with Crippen molar-refractivity contribution in [3.05, 3.63) is 82.1 Å². The number of amides is 2. The lowest BCUT2D eigenvalue weighted by Crippen LogP contribution is -2.45. The normalized spacial score (nSPS) is 11.6. The molecule has 2 amide bonds. The molecule has 31 heavy (non-hydrogen) atoms. The molecule has 3 rings (SSSR count). The number of aryl methyl sites for hydroxylation is 2. The van der Waals surface area contributed by atoms with Gasteiger partial charge in [0.05, 0.1) is 11.2 Å². The molecule has 1 atom stereocenters. The monoisotopic (exact) mass is 454 g/mol. The highest BCUT2D eigenvalue weighted by Gasteiger charge is 2.24. The van der Waals surface area contributed by atoms with E-state index in [1.54, 1.807) is 6.26 Å². The lowest BCUT2D eigenvalue weighted by atomic mass is 10.0. The fourth-order valence-electron chi connectivity index (χ4n) is 3.07. The Balaban J connectivity index is 1.85. The number of carbonyl (C=O) groups is 2. The zero-order chi connectivity index (χ0) is 22.4. The average Bonchev–Trinajstić information content (AvgIpc) is 2.76. The van der Waals surface area contributed by atoms with Gasteiger partial charge in [-0.25, -0.2) is 9.97 Å². The third-order valence-electron chi connectivity index (χ3n) is 4.66. The molecule has 0 aliphatic heterocycles. The van der Waals surface area contributed by atoms with E-state index in [2.05, 4.69) is 20.6 Å². The zero-order valence-electron chi connectivity index (χ0n) is 17.5. The van der Waals surface area contributed by atoms with Crippen molar-refractivity contribution < 1.29 is 9.59 Å². The van der Waals surface area contributed by atoms with Gasteiger partial charge in [-0.1, -0.05) is 71.4 Å². The Morgan fingerprint density at radius 2 is 1.87 bits per heavy atom. The third kappa shape index (κ3) is 6.06. The van der Waals surface area contributed by atoms with Crippen LogP contribution in [-0.4, -0.2) is 34.1 Å². The zero-order valence-corrected chi connectivity index (χ0v) is 19.1. The van der Waals surface area contributed by atoms with Crippen LogP contribution >= 0.6 is 23.4 Å². The Morgan fingerprint density at radius 1 is 1.13 bits per heavy atom. The van der Waals surface area contributed by atoms with Gasteiger partial charge in [-0.05, 0) is 37.3 Å². The number of anilines is 1. The first-order valence-corrected chi connectivity index (χ1v) is 11.3. The molecule has 0 saturated carbocycles. The molecule has 8 heteroatoms. The summed E-state index contributed by atoms with van der Waals surface area (Å²) >= 11 is 7.44. The number of aromatic nitrogens is 2. The summed E-state index contributed by atoms with van der Waals surface area (Å²) in [5.74, 6) is -0.848. The standard InChI is InChI=1S/C23H23ClN4O2S/c1-14-9-10-18(15(2)11-14)26-21(29)19(12-16-7-5-4-6-8-16)27-22(30)20-17(24)13-25-23(28-20)31-3/h4-11,13,19H,12H2,1-3H3,(H,26,29)(H,27,30). The van der Waals surface area contributed by atoms with Gasteiger partial charge in [0.15, 0.2) is 10.9 Å². The average molecular weight is 455 g/mol. The second-order valence-corrected chi connectivity index (χ2v) is 8.26. The Morgan fingerprint density at radius 3 is 2.55 bits per heavy atom. The first kappa shape index (κ1) is 22.8. The molecule has 1 aromatic heterocycles. The van der Waals surface area contributed by atoms with Crippen LogP contribution in [0.2, 0.25) is 5.02 Å². The van der Waals surface area contributed by atoms with Crippen molar-refractivity contribution in [1.29, 1.82) is 0 Å². The van der Waals surface area contributed by atoms with Gasteiger partial charge in [0, 0.05) is 12.1 Å². The van der Waals surface area contributed by atoms with E-state index in [0.717, 1.165) is 16.7 Å². The number of halogens is 1. The number of hydrogen-bond acceptors (Lipinski definition) is 5. The minimum Gasteiger partial charge on any atom is -0.338 e. The van der Waals surface area contributed by atoms with Gasteiger partial charge in [-0.3, -0.25) is 9.59 Å². The first-order valence-electron chi connectivity index (χ1n) is 9.67. The molecule has 0 bridgehead atoms. The highest BCUT2D eigenvalue weighted by molar-refractivity contribution is 7.98. The van der Waals surface area contributed by atoms with Crippen molar-refractivity contribution in [3.8, 4) is 0 Å². The number of hydrogen-bond donors (Lipinski definition) is 2. The van der Waals surface area contributed by atoms with Crippen LogP contribution in [0.3, 0.4) is 0 Å². The lowest BCUT2D eigenvalue weighted by Gasteiger charge is -2.20. The SMILES string of the molecule is CSc1ncc(Cl)c(C(=O)NC(Cc2ccccc2)C(=O)Nc2ccc(C)cc2C)n1. The second-order valence-electron chi connectivity index (χ2n) is 7.08. The quantitative estimate of drug-likeness (QED) is 0.407. The van der Waals surface area contributed by atoms with Gasteiger partial charge >= 0.3 is 0 Å². The first-order chi connectivity index (χ1) is 14.9. The van der Waals surface area contributed by atoms with Crippen LogP contribution in [0.25, 0.3) is 0 Å². The van der Waals surface area contributed by atoms with Crippen LogP contribution in [0.5, 0.6) is 0 Å². The molecule has 1 unspecified atom stereocenters. The molecule has 0 aliphatic rings. The topological polar surface area (TPSA) is 84.0 Å². The molecule has 2 aromatic carbocycles. The molecule has 0 aliphatic carbocycles. The largest absolute Gasteiger partial charge is 0.338 e. The van der Waals surface area contributed by atoms with Crippen LogP contribution in [0, 0.1) is 13.8 Å². The summed E-state index contributed by atoms with van der Waals surface area (Å²) in [5.41, 5.74) is 3.71. The van der Waals surface area contributed by atoms with Gasteiger partial charge in [0.1, 0.15) is 6.04 Å². The van der Waals surface area contributed by atoms with Gasteiger partial charge in [0.2, 0.25) is 5.91 Å². The predicted molar refractivity (Wildman–Crippen MR) is 125 cm³/mol. The molecule has 160 valence electrons. The fraction of sp³-hybridized carbons (Fsp3) is 0.217.